The highest BCUT2D eigenvalue weighted by Crippen LogP contribution is 2.30. The van der Waals surface area contributed by atoms with Crippen LogP contribution in [0.15, 0.2) is 75.6 Å². The SMILES string of the molecule is NN=C(Sc1ccccc1)Sc1ccccc1. The van der Waals surface area contributed by atoms with Gasteiger partial charge in [-0.3, -0.25) is 0 Å². The summed E-state index contributed by atoms with van der Waals surface area (Å²) in [6.45, 7) is 0. The van der Waals surface area contributed by atoms with E-state index >= 15 is 0 Å². The van der Waals surface area contributed by atoms with Crippen molar-refractivity contribution in [3.63, 3.8) is 0 Å². The fourth-order valence-electron chi connectivity index (χ4n) is 1.25. The highest BCUT2D eigenvalue weighted by Gasteiger charge is 2.04. The Bertz CT molecular complexity index is 440. The van der Waals surface area contributed by atoms with E-state index in [1.54, 1.807) is 23.5 Å². The maximum atomic E-state index is 5.41. The van der Waals surface area contributed by atoms with E-state index in [1.165, 1.54) is 0 Å². The molecule has 0 radical (unpaired) electrons. The molecule has 0 unspecified atom stereocenters. The zero-order chi connectivity index (χ0) is 11.9. The monoisotopic (exact) mass is 260 g/mol. The molecule has 0 aromatic heterocycles. The molecule has 2 rings (SSSR count). The molecule has 2 aromatic rings. The largest absolute Gasteiger partial charge is 0.322 e. The first kappa shape index (κ1) is 12.1. The fourth-order valence-corrected chi connectivity index (χ4v) is 3.09. The Hall–Kier alpha value is -1.39. The first-order chi connectivity index (χ1) is 8.38. The molecule has 0 aliphatic heterocycles. The Morgan fingerprint density at radius 1 is 0.765 bits per heavy atom. The quantitative estimate of drug-likeness (QED) is 0.293. The second-order valence-electron chi connectivity index (χ2n) is 3.23. The topological polar surface area (TPSA) is 38.4 Å². The van der Waals surface area contributed by atoms with Crippen LogP contribution in [-0.2, 0) is 0 Å². The molecule has 0 bridgehead atoms. The summed E-state index contributed by atoms with van der Waals surface area (Å²) in [5, 5.41) is 3.82. The molecule has 0 atom stereocenters. The summed E-state index contributed by atoms with van der Waals surface area (Å²) < 4.78 is 0.836. The summed E-state index contributed by atoms with van der Waals surface area (Å²) in [6, 6.07) is 20.2. The Labute approximate surface area is 109 Å². The summed E-state index contributed by atoms with van der Waals surface area (Å²) in [6.07, 6.45) is 0. The maximum absolute atomic E-state index is 5.41. The minimum absolute atomic E-state index is 0.836. The van der Waals surface area contributed by atoms with Crippen molar-refractivity contribution in [1.82, 2.24) is 0 Å². The minimum atomic E-state index is 0.836. The Balaban J connectivity index is 2.04. The van der Waals surface area contributed by atoms with Gasteiger partial charge in [0.15, 0.2) is 4.38 Å². The molecule has 2 aromatic carbocycles. The average Bonchev–Trinajstić information content (AvgIpc) is 2.40. The zero-order valence-corrected chi connectivity index (χ0v) is 10.7. The number of hydrazone groups is 1. The molecule has 2 nitrogen and oxygen atoms in total. The smallest absolute Gasteiger partial charge is 0.159 e. The van der Waals surface area contributed by atoms with Gasteiger partial charge < -0.3 is 5.84 Å². The molecule has 2 N–H and O–H groups in total. The van der Waals surface area contributed by atoms with Crippen LogP contribution in [-0.4, -0.2) is 4.38 Å². The van der Waals surface area contributed by atoms with Crippen LogP contribution in [0.2, 0.25) is 0 Å². The third kappa shape index (κ3) is 3.84. The summed E-state index contributed by atoms with van der Waals surface area (Å²) in [5.41, 5.74) is 0. The number of thioether (sulfide) groups is 2. The van der Waals surface area contributed by atoms with E-state index in [0.717, 1.165) is 14.2 Å². The van der Waals surface area contributed by atoms with Gasteiger partial charge >= 0.3 is 0 Å². The van der Waals surface area contributed by atoms with E-state index in [-0.39, 0.29) is 0 Å². The van der Waals surface area contributed by atoms with Crippen LogP contribution in [0.5, 0.6) is 0 Å². The van der Waals surface area contributed by atoms with Crippen molar-refractivity contribution in [2.45, 2.75) is 9.79 Å². The Morgan fingerprint density at radius 3 is 1.53 bits per heavy atom. The average molecular weight is 260 g/mol. The van der Waals surface area contributed by atoms with Crippen LogP contribution >= 0.6 is 23.5 Å². The second-order valence-corrected chi connectivity index (χ2v) is 5.61. The van der Waals surface area contributed by atoms with Gasteiger partial charge in [0.2, 0.25) is 0 Å². The normalized spacial score (nSPS) is 9.88. The molecule has 86 valence electrons. The van der Waals surface area contributed by atoms with Crippen molar-refractivity contribution < 1.29 is 0 Å². The molecule has 0 spiro atoms. The van der Waals surface area contributed by atoms with Crippen LogP contribution in [0.25, 0.3) is 0 Å². The first-order valence-corrected chi connectivity index (χ1v) is 6.75. The van der Waals surface area contributed by atoms with Crippen molar-refractivity contribution in [3.8, 4) is 0 Å². The van der Waals surface area contributed by atoms with E-state index in [9.17, 15) is 0 Å². The molecule has 17 heavy (non-hydrogen) atoms. The number of hydrogen-bond acceptors (Lipinski definition) is 4. The van der Waals surface area contributed by atoms with Gasteiger partial charge in [0.25, 0.3) is 0 Å². The highest BCUT2D eigenvalue weighted by molar-refractivity contribution is 8.38. The van der Waals surface area contributed by atoms with Crippen molar-refractivity contribution >= 4 is 27.9 Å². The standard InChI is InChI=1S/C13H12N2S2/c14-15-13(16-11-7-3-1-4-8-11)17-12-9-5-2-6-10-12/h1-10H,14H2. The lowest BCUT2D eigenvalue weighted by Gasteiger charge is -2.04. The van der Waals surface area contributed by atoms with Crippen molar-refractivity contribution in [2.75, 3.05) is 0 Å². The number of hydrogen-bond donors (Lipinski definition) is 1. The number of benzene rings is 2. The third-order valence-electron chi connectivity index (χ3n) is 2.00. The van der Waals surface area contributed by atoms with Gasteiger partial charge in [0.1, 0.15) is 0 Å². The summed E-state index contributed by atoms with van der Waals surface area (Å²) in [7, 11) is 0. The van der Waals surface area contributed by atoms with Gasteiger partial charge in [-0.1, -0.05) is 59.9 Å². The molecule has 0 heterocycles. The molecule has 0 aliphatic carbocycles. The summed E-state index contributed by atoms with van der Waals surface area (Å²) >= 11 is 3.14. The van der Waals surface area contributed by atoms with Gasteiger partial charge in [-0.15, -0.1) is 0 Å². The number of rotatable bonds is 2. The van der Waals surface area contributed by atoms with Crippen LogP contribution in [0.4, 0.5) is 0 Å². The minimum Gasteiger partial charge on any atom is -0.322 e. The second kappa shape index (κ2) is 6.37. The lowest BCUT2D eigenvalue weighted by Crippen LogP contribution is -1.91. The summed E-state index contributed by atoms with van der Waals surface area (Å²) in [4.78, 5) is 2.28. The van der Waals surface area contributed by atoms with E-state index in [1.807, 2.05) is 60.7 Å². The van der Waals surface area contributed by atoms with Gasteiger partial charge in [0, 0.05) is 9.79 Å². The molecule has 0 saturated carbocycles. The third-order valence-corrected chi connectivity index (χ3v) is 4.08. The van der Waals surface area contributed by atoms with Crippen LogP contribution in [0, 0.1) is 0 Å². The van der Waals surface area contributed by atoms with Crippen molar-refractivity contribution in [2.24, 2.45) is 10.9 Å². The molecule has 0 amide bonds. The predicted octanol–water partition coefficient (Wildman–Crippen LogP) is 3.80. The Morgan fingerprint density at radius 2 is 1.18 bits per heavy atom. The zero-order valence-electron chi connectivity index (χ0n) is 9.11. The molecule has 0 fully saturated rings. The lowest BCUT2D eigenvalue weighted by molar-refractivity contribution is 1.27. The molecule has 0 saturated heterocycles. The Kier molecular flexibility index (Phi) is 4.53. The predicted molar refractivity (Wildman–Crippen MR) is 76.2 cm³/mol. The van der Waals surface area contributed by atoms with Crippen molar-refractivity contribution in [3.05, 3.63) is 60.7 Å². The number of nitrogens with two attached hydrogens (primary N) is 1. The van der Waals surface area contributed by atoms with E-state index in [4.69, 9.17) is 5.84 Å². The fraction of sp³-hybridized carbons (Fsp3) is 0. The van der Waals surface area contributed by atoms with E-state index in [2.05, 4.69) is 5.10 Å². The number of nitrogens with zero attached hydrogens (tertiary/aromatic N) is 1. The highest BCUT2D eigenvalue weighted by atomic mass is 32.2. The van der Waals surface area contributed by atoms with Crippen molar-refractivity contribution in [1.29, 1.82) is 0 Å². The first-order valence-electron chi connectivity index (χ1n) is 5.12. The van der Waals surface area contributed by atoms with Crippen LogP contribution in [0.1, 0.15) is 0 Å². The van der Waals surface area contributed by atoms with Gasteiger partial charge in [0.05, 0.1) is 0 Å². The van der Waals surface area contributed by atoms with E-state index in [0.29, 0.717) is 0 Å². The summed E-state index contributed by atoms with van der Waals surface area (Å²) in [5.74, 6) is 5.41. The van der Waals surface area contributed by atoms with Gasteiger partial charge in [-0.2, -0.15) is 5.10 Å². The molecular formula is C13H12N2S2. The van der Waals surface area contributed by atoms with E-state index < -0.39 is 0 Å². The molecular weight excluding hydrogens is 248 g/mol. The molecule has 0 aliphatic rings. The molecule has 4 heteroatoms. The van der Waals surface area contributed by atoms with Crippen LogP contribution < -0.4 is 5.84 Å². The van der Waals surface area contributed by atoms with Gasteiger partial charge in [-0.05, 0) is 24.3 Å². The van der Waals surface area contributed by atoms with Gasteiger partial charge in [-0.25, -0.2) is 0 Å². The lowest BCUT2D eigenvalue weighted by atomic mass is 10.4. The van der Waals surface area contributed by atoms with Crippen LogP contribution in [0.3, 0.4) is 0 Å². The maximum Gasteiger partial charge on any atom is 0.159 e.